The van der Waals surface area contributed by atoms with Crippen LogP contribution in [0.5, 0.6) is 0 Å². The number of pyridine rings is 1. The molecule has 2 aromatic carbocycles. The van der Waals surface area contributed by atoms with Crippen LogP contribution in [-0.2, 0) is 17.7 Å². The third-order valence-electron chi connectivity index (χ3n) is 5.51. The molecule has 0 saturated carbocycles. The molecule has 154 valence electrons. The molecule has 1 aliphatic heterocycles. The fourth-order valence-electron chi connectivity index (χ4n) is 3.81. The predicted molar refractivity (Wildman–Crippen MR) is 117 cm³/mol. The minimum absolute atomic E-state index is 0.268. The predicted octanol–water partition coefficient (Wildman–Crippen LogP) is 4.69. The van der Waals surface area contributed by atoms with Crippen LogP contribution in [0.4, 0.5) is 0 Å². The molecule has 0 bridgehead atoms. The molecular weight excluding hydrogens is 400 g/mol. The summed E-state index contributed by atoms with van der Waals surface area (Å²) >= 11 is 5.87. The SMILES string of the molecule is CC(C)N1CCc2nc3ccccc3c(C(=O)OCC(=O)c3ccc(Cl)cc3)c2C1. The zero-order chi connectivity index (χ0) is 21.3. The molecule has 0 aliphatic carbocycles. The first-order valence-corrected chi connectivity index (χ1v) is 10.4. The quantitative estimate of drug-likeness (QED) is 0.440. The molecule has 30 heavy (non-hydrogen) atoms. The van der Waals surface area contributed by atoms with Gasteiger partial charge in [-0.15, -0.1) is 0 Å². The Kier molecular flexibility index (Phi) is 5.84. The van der Waals surface area contributed by atoms with Gasteiger partial charge in [0.2, 0.25) is 0 Å². The van der Waals surface area contributed by atoms with Crippen molar-refractivity contribution in [1.82, 2.24) is 9.88 Å². The number of halogens is 1. The Morgan fingerprint density at radius 2 is 1.87 bits per heavy atom. The van der Waals surface area contributed by atoms with Crippen molar-refractivity contribution >= 4 is 34.3 Å². The molecular formula is C24H23ClN2O3. The Labute approximate surface area is 180 Å². The molecule has 5 nitrogen and oxygen atoms in total. The number of esters is 1. The van der Waals surface area contributed by atoms with Gasteiger partial charge in [0, 0.05) is 52.8 Å². The van der Waals surface area contributed by atoms with Gasteiger partial charge in [-0.25, -0.2) is 4.79 Å². The van der Waals surface area contributed by atoms with Crippen molar-refractivity contribution in [3.63, 3.8) is 0 Å². The van der Waals surface area contributed by atoms with Gasteiger partial charge in [-0.2, -0.15) is 0 Å². The molecule has 0 saturated heterocycles. The highest BCUT2D eigenvalue weighted by molar-refractivity contribution is 6.30. The molecule has 3 aromatic rings. The van der Waals surface area contributed by atoms with Gasteiger partial charge in [-0.1, -0.05) is 29.8 Å². The van der Waals surface area contributed by atoms with Gasteiger partial charge in [0.15, 0.2) is 12.4 Å². The van der Waals surface area contributed by atoms with Gasteiger partial charge < -0.3 is 4.74 Å². The molecule has 6 heteroatoms. The number of nitrogens with zero attached hydrogens (tertiary/aromatic N) is 2. The molecule has 1 aliphatic rings. The van der Waals surface area contributed by atoms with E-state index in [1.807, 2.05) is 24.3 Å². The number of carbonyl (C=O) groups excluding carboxylic acids is 2. The number of ketones is 1. The minimum atomic E-state index is -0.488. The monoisotopic (exact) mass is 422 g/mol. The van der Waals surface area contributed by atoms with Crippen molar-refractivity contribution in [2.24, 2.45) is 0 Å². The highest BCUT2D eigenvalue weighted by Crippen LogP contribution is 2.29. The summed E-state index contributed by atoms with van der Waals surface area (Å²) in [7, 11) is 0. The number of hydrogen-bond donors (Lipinski definition) is 0. The topological polar surface area (TPSA) is 59.5 Å². The number of benzene rings is 2. The van der Waals surface area contributed by atoms with Crippen LogP contribution in [-0.4, -0.2) is 40.8 Å². The van der Waals surface area contributed by atoms with Crippen molar-refractivity contribution in [1.29, 1.82) is 0 Å². The summed E-state index contributed by atoms with van der Waals surface area (Å²) in [5, 5.41) is 1.30. The Bertz CT molecular complexity index is 1110. The molecule has 0 fully saturated rings. The maximum atomic E-state index is 13.2. The summed E-state index contributed by atoms with van der Waals surface area (Å²) < 4.78 is 5.48. The van der Waals surface area contributed by atoms with Crippen molar-refractivity contribution in [3.05, 3.63) is 75.9 Å². The minimum Gasteiger partial charge on any atom is -0.454 e. The molecule has 1 aromatic heterocycles. The molecule has 4 rings (SSSR count). The number of aromatic nitrogens is 1. The van der Waals surface area contributed by atoms with Crippen LogP contribution in [0.1, 0.15) is 45.8 Å². The van der Waals surface area contributed by atoms with Crippen LogP contribution in [0.3, 0.4) is 0 Å². The van der Waals surface area contributed by atoms with Gasteiger partial charge in [0.25, 0.3) is 0 Å². The first-order valence-electron chi connectivity index (χ1n) is 10.0. The highest BCUT2D eigenvalue weighted by atomic mass is 35.5. The van der Waals surface area contributed by atoms with Crippen LogP contribution < -0.4 is 0 Å². The molecule has 0 spiro atoms. The van der Waals surface area contributed by atoms with E-state index < -0.39 is 5.97 Å². The van der Waals surface area contributed by atoms with Crippen LogP contribution in [0.25, 0.3) is 10.9 Å². The average molecular weight is 423 g/mol. The number of hydrogen-bond acceptors (Lipinski definition) is 5. The summed E-state index contributed by atoms with van der Waals surface area (Å²) in [4.78, 5) is 32.7. The van der Waals surface area contributed by atoms with Crippen LogP contribution >= 0.6 is 11.6 Å². The molecule has 0 unspecified atom stereocenters. The summed E-state index contributed by atoms with van der Waals surface area (Å²) in [5.41, 5.74) is 3.58. The van der Waals surface area contributed by atoms with E-state index in [-0.39, 0.29) is 12.4 Å². The number of fused-ring (bicyclic) bond motifs is 2. The van der Waals surface area contributed by atoms with Crippen LogP contribution in [0.2, 0.25) is 5.02 Å². The first kappa shape index (κ1) is 20.5. The summed E-state index contributed by atoms with van der Waals surface area (Å²) in [6.07, 6.45) is 0.780. The van der Waals surface area contributed by atoms with E-state index in [4.69, 9.17) is 21.3 Å². The lowest BCUT2D eigenvalue weighted by atomic mass is 9.95. The van der Waals surface area contributed by atoms with Gasteiger partial charge in [0.05, 0.1) is 11.1 Å². The standard InChI is InChI=1S/C24H23ClN2O3/c1-15(2)27-12-11-21-19(13-27)23(18-5-3-4-6-20(18)26-21)24(29)30-14-22(28)16-7-9-17(25)10-8-16/h3-10,15H,11-14H2,1-2H3. The van der Waals surface area contributed by atoms with E-state index in [0.29, 0.717) is 28.7 Å². The van der Waals surface area contributed by atoms with Gasteiger partial charge >= 0.3 is 5.97 Å². The Morgan fingerprint density at radius 3 is 2.60 bits per heavy atom. The zero-order valence-electron chi connectivity index (χ0n) is 17.0. The molecule has 0 amide bonds. The summed E-state index contributed by atoms with van der Waals surface area (Å²) in [6.45, 7) is 5.50. The third kappa shape index (κ3) is 4.09. The number of ether oxygens (including phenoxy) is 1. The van der Waals surface area contributed by atoms with E-state index in [2.05, 4.69) is 18.7 Å². The van der Waals surface area contributed by atoms with Gasteiger partial charge in [-0.3, -0.25) is 14.7 Å². The Morgan fingerprint density at radius 1 is 1.13 bits per heavy atom. The van der Waals surface area contributed by atoms with Crippen molar-refractivity contribution < 1.29 is 14.3 Å². The fourth-order valence-corrected chi connectivity index (χ4v) is 3.93. The maximum Gasteiger partial charge on any atom is 0.339 e. The molecule has 0 radical (unpaired) electrons. The summed E-state index contributed by atoms with van der Waals surface area (Å²) in [6, 6.07) is 14.5. The van der Waals surface area contributed by atoms with Gasteiger partial charge in [0.1, 0.15) is 0 Å². The van der Waals surface area contributed by atoms with Crippen LogP contribution in [0.15, 0.2) is 48.5 Å². The Balaban J connectivity index is 1.65. The third-order valence-corrected chi connectivity index (χ3v) is 5.76. The number of carbonyl (C=O) groups is 2. The van der Waals surface area contributed by atoms with Crippen molar-refractivity contribution in [2.45, 2.75) is 32.9 Å². The van der Waals surface area contributed by atoms with E-state index >= 15 is 0 Å². The zero-order valence-corrected chi connectivity index (χ0v) is 17.8. The molecule has 0 N–H and O–H groups in total. The maximum absolute atomic E-state index is 13.2. The van der Waals surface area contributed by atoms with E-state index in [1.54, 1.807) is 24.3 Å². The summed E-state index contributed by atoms with van der Waals surface area (Å²) in [5.74, 6) is -0.756. The Hall–Kier alpha value is -2.76. The average Bonchev–Trinajstić information content (AvgIpc) is 2.75. The first-order chi connectivity index (χ1) is 14.4. The van der Waals surface area contributed by atoms with E-state index in [9.17, 15) is 9.59 Å². The molecule has 2 heterocycles. The van der Waals surface area contributed by atoms with E-state index in [1.165, 1.54) is 0 Å². The largest absolute Gasteiger partial charge is 0.454 e. The fraction of sp³-hybridized carbons (Fsp3) is 0.292. The van der Waals surface area contributed by atoms with Crippen molar-refractivity contribution in [2.75, 3.05) is 13.2 Å². The second kappa shape index (κ2) is 8.54. The van der Waals surface area contributed by atoms with Crippen LogP contribution in [0, 0.1) is 0 Å². The highest BCUT2D eigenvalue weighted by Gasteiger charge is 2.27. The lowest BCUT2D eigenvalue weighted by Crippen LogP contribution is -2.37. The smallest absolute Gasteiger partial charge is 0.339 e. The molecule has 0 atom stereocenters. The second-order valence-electron chi connectivity index (χ2n) is 7.75. The number of para-hydroxylation sites is 1. The van der Waals surface area contributed by atoms with Gasteiger partial charge in [-0.05, 0) is 44.2 Å². The lowest BCUT2D eigenvalue weighted by Gasteiger charge is -2.32. The van der Waals surface area contributed by atoms with Crippen molar-refractivity contribution in [3.8, 4) is 0 Å². The van der Waals surface area contributed by atoms with E-state index in [0.717, 1.165) is 35.1 Å². The lowest BCUT2D eigenvalue weighted by molar-refractivity contribution is 0.0473. The normalized spacial score (nSPS) is 14.0. The second-order valence-corrected chi connectivity index (χ2v) is 8.19. The number of rotatable bonds is 5. The number of Topliss-reactive ketones (excluding diaryl/α,β-unsaturated/α-hetero) is 1.